The van der Waals surface area contributed by atoms with Gasteiger partial charge in [-0.1, -0.05) is 74.7 Å². The molecule has 1 unspecified atom stereocenters. The van der Waals surface area contributed by atoms with Crippen molar-refractivity contribution in [2.45, 2.75) is 82.4 Å². The molecular formula is C30H37N3O4. The molecule has 1 spiro atoms. The fraction of sp³-hybridized carbons (Fsp3) is 0.500. The monoisotopic (exact) mass is 503 g/mol. The number of carbonyl (C=O) groups excluding carboxylic acids is 3. The molecule has 7 nitrogen and oxygen atoms in total. The summed E-state index contributed by atoms with van der Waals surface area (Å²) < 4.78 is 5.58. The minimum absolute atomic E-state index is 0.0437. The smallest absolute Gasteiger partial charge is 0.410 e. The van der Waals surface area contributed by atoms with E-state index in [1.165, 1.54) is 6.42 Å². The first kappa shape index (κ1) is 25.3. The second-order valence-corrected chi connectivity index (χ2v) is 10.6. The first-order chi connectivity index (χ1) is 18.0. The predicted molar refractivity (Wildman–Crippen MR) is 142 cm³/mol. The summed E-state index contributed by atoms with van der Waals surface area (Å²) in [4.78, 5) is 43.6. The van der Waals surface area contributed by atoms with Gasteiger partial charge in [0.2, 0.25) is 11.8 Å². The molecule has 1 N–H and O–H groups in total. The second kappa shape index (κ2) is 11.0. The number of nitrogens with zero attached hydrogens (tertiary/aromatic N) is 2. The van der Waals surface area contributed by atoms with Gasteiger partial charge in [0.15, 0.2) is 0 Å². The molecule has 2 aliphatic heterocycles. The van der Waals surface area contributed by atoms with Gasteiger partial charge in [-0.2, -0.15) is 0 Å². The Bertz CT molecular complexity index is 1120. The van der Waals surface area contributed by atoms with Crippen molar-refractivity contribution in [3.63, 3.8) is 0 Å². The van der Waals surface area contributed by atoms with E-state index >= 15 is 0 Å². The molecule has 0 radical (unpaired) electrons. The molecule has 3 amide bonds. The third-order valence-electron chi connectivity index (χ3n) is 8.37. The maximum atomic E-state index is 14.0. The van der Waals surface area contributed by atoms with E-state index in [0.717, 1.165) is 42.5 Å². The van der Waals surface area contributed by atoms with Gasteiger partial charge < -0.3 is 15.0 Å². The van der Waals surface area contributed by atoms with Crippen molar-refractivity contribution in [2.24, 2.45) is 0 Å². The summed E-state index contributed by atoms with van der Waals surface area (Å²) in [6, 6.07) is 17.1. The van der Waals surface area contributed by atoms with E-state index < -0.39 is 11.5 Å². The van der Waals surface area contributed by atoms with Crippen molar-refractivity contribution in [1.29, 1.82) is 0 Å². The van der Waals surface area contributed by atoms with E-state index in [1.807, 2.05) is 55.5 Å². The van der Waals surface area contributed by atoms with Crippen LogP contribution in [0.15, 0.2) is 54.6 Å². The fourth-order valence-electron chi connectivity index (χ4n) is 6.42. The normalized spacial score (nSPS) is 20.9. The lowest BCUT2D eigenvalue weighted by Gasteiger charge is -2.44. The highest BCUT2D eigenvalue weighted by molar-refractivity contribution is 6.05. The number of piperidine rings is 1. The van der Waals surface area contributed by atoms with E-state index in [4.69, 9.17) is 4.74 Å². The molecule has 37 heavy (non-hydrogen) atoms. The van der Waals surface area contributed by atoms with Crippen LogP contribution in [0.2, 0.25) is 0 Å². The Balaban J connectivity index is 1.37. The quantitative estimate of drug-likeness (QED) is 0.628. The van der Waals surface area contributed by atoms with Gasteiger partial charge in [0, 0.05) is 36.7 Å². The van der Waals surface area contributed by atoms with Crippen molar-refractivity contribution in [3.8, 4) is 0 Å². The number of likely N-dealkylation sites (tertiary alicyclic amines) is 1. The van der Waals surface area contributed by atoms with E-state index in [0.29, 0.717) is 32.4 Å². The summed E-state index contributed by atoms with van der Waals surface area (Å²) in [5.74, 6) is -0.108. The highest BCUT2D eigenvalue weighted by atomic mass is 16.6. The van der Waals surface area contributed by atoms with Crippen molar-refractivity contribution in [3.05, 3.63) is 65.7 Å². The number of hydrogen-bond donors (Lipinski definition) is 1. The van der Waals surface area contributed by atoms with Gasteiger partial charge >= 0.3 is 6.09 Å². The fourth-order valence-corrected chi connectivity index (χ4v) is 6.42. The van der Waals surface area contributed by atoms with Crippen LogP contribution in [0.3, 0.4) is 0 Å². The highest BCUT2D eigenvalue weighted by Crippen LogP contribution is 2.51. The van der Waals surface area contributed by atoms with Gasteiger partial charge in [0.25, 0.3) is 0 Å². The molecule has 1 saturated heterocycles. The molecule has 3 aliphatic rings. The number of amides is 3. The van der Waals surface area contributed by atoms with Crippen molar-refractivity contribution in [2.75, 3.05) is 18.0 Å². The minimum Gasteiger partial charge on any atom is -0.445 e. The van der Waals surface area contributed by atoms with Crippen LogP contribution in [0.5, 0.6) is 0 Å². The second-order valence-electron chi connectivity index (χ2n) is 10.6. The predicted octanol–water partition coefficient (Wildman–Crippen LogP) is 4.93. The van der Waals surface area contributed by atoms with Gasteiger partial charge in [-0.25, -0.2) is 4.79 Å². The third kappa shape index (κ3) is 4.96. The Morgan fingerprint density at radius 1 is 0.946 bits per heavy atom. The van der Waals surface area contributed by atoms with Crippen molar-refractivity contribution in [1.82, 2.24) is 10.2 Å². The number of anilines is 1. The third-order valence-corrected chi connectivity index (χ3v) is 8.37. The average Bonchev–Trinajstić information content (AvgIpc) is 3.22. The van der Waals surface area contributed by atoms with Crippen LogP contribution < -0.4 is 10.2 Å². The number of para-hydroxylation sites is 1. The maximum Gasteiger partial charge on any atom is 0.410 e. The number of ether oxygens (including phenoxy) is 1. The first-order valence-corrected chi connectivity index (χ1v) is 13.7. The van der Waals surface area contributed by atoms with Gasteiger partial charge in [-0.05, 0) is 42.9 Å². The Hall–Kier alpha value is -3.35. The van der Waals surface area contributed by atoms with Crippen LogP contribution in [0.25, 0.3) is 0 Å². The summed E-state index contributed by atoms with van der Waals surface area (Å²) in [6.45, 7) is 3.03. The molecular weight excluding hydrogens is 466 g/mol. The van der Waals surface area contributed by atoms with Gasteiger partial charge in [-0.3, -0.25) is 14.5 Å². The summed E-state index contributed by atoms with van der Waals surface area (Å²) in [6.07, 6.45) is 6.62. The van der Waals surface area contributed by atoms with E-state index in [9.17, 15) is 14.4 Å². The Morgan fingerprint density at radius 3 is 2.32 bits per heavy atom. The number of fused-ring (bicyclic) bond motifs is 2. The summed E-state index contributed by atoms with van der Waals surface area (Å²) in [5, 5.41) is 3.31. The molecule has 2 fully saturated rings. The van der Waals surface area contributed by atoms with E-state index in [-0.39, 0.29) is 30.6 Å². The number of carbonyl (C=O) groups is 3. The molecule has 1 aliphatic carbocycles. The molecule has 196 valence electrons. The van der Waals surface area contributed by atoms with Crippen LogP contribution in [-0.4, -0.2) is 48.0 Å². The zero-order valence-electron chi connectivity index (χ0n) is 21.7. The van der Waals surface area contributed by atoms with Crippen LogP contribution in [0, 0.1) is 0 Å². The summed E-state index contributed by atoms with van der Waals surface area (Å²) >= 11 is 0. The molecule has 2 aromatic rings. The average molecular weight is 504 g/mol. The standard InChI is InChI=1S/C30H37N3O4/c1-2-26(34)33-25-16-10-9-15-24(25)30(27(33)28(35)31-23-13-7-4-8-14-23)17-19-32(20-18-30)29(36)37-21-22-11-5-3-6-12-22/h3,5-6,9-12,15-16,23,27H,2,4,7-8,13-14,17-21H2,1H3,(H,31,35). The van der Waals surface area contributed by atoms with Crippen LogP contribution in [0.1, 0.15) is 69.4 Å². The molecule has 1 saturated carbocycles. The number of rotatable bonds is 5. The van der Waals surface area contributed by atoms with Crippen molar-refractivity contribution >= 4 is 23.6 Å². The molecule has 0 aromatic heterocycles. The molecule has 7 heteroatoms. The summed E-state index contributed by atoms with van der Waals surface area (Å²) in [5.41, 5.74) is 2.29. The lowest BCUT2D eigenvalue weighted by Crippen LogP contribution is -2.60. The topological polar surface area (TPSA) is 79.0 Å². The Kier molecular flexibility index (Phi) is 7.49. The van der Waals surface area contributed by atoms with Gasteiger partial charge in [-0.15, -0.1) is 0 Å². The zero-order chi connectivity index (χ0) is 25.8. The molecule has 2 heterocycles. The Morgan fingerprint density at radius 2 is 1.62 bits per heavy atom. The Labute approximate surface area is 219 Å². The number of benzene rings is 2. The minimum atomic E-state index is -0.609. The lowest BCUT2D eigenvalue weighted by molar-refractivity contribution is -0.128. The maximum absolute atomic E-state index is 14.0. The molecule has 0 bridgehead atoms. The van der Waals surface area contributed by atoms with Crippen LogP contribution >= 0.6 is 0 Å². The molecule has 2 aromatic carbocycles. The van der Waals surface area contributed by atoms with E-state index in [1.54, 1.807) is 9.80 Å². The molecule has 5 rings (SSSR count). The largest absolute Gasteiger partial charge is 0.445 e. The SMILES string of the molecule is CCC(=O)N1c2ccccc2C2(CCN(C(=O)OCc3ccccc3)CC2)C1C(=O)NC1CCCCC1. The molecule has 1 atom stereocenters. The summed E-state index contributed by atoms with van der Waals surface area (Å²) in [7, 11) is 0. The van der Waals surface area contributed by atoms with Gasteiger partial charge in [0.05, 0.1) is 0 Å². The first-order valence-electron chi connectivity index (χ1n) is 13.7. The van der Waals surface area contributed by atoms with Crippen molar-refractivity contribution < 1.29 is 19.1 Å². The van der Waals surface area contributed by atoms with Crippen LogP contribution in [-0.2, 0) is 26.3 Å². The zero-order valence-corrected chi connectivity index (χ0v) is 21.7. The van der Waals surface area contributed by atoms with Crippen LogP contribution in [0.4, 0.5) is 10.5 Å². The van der Waals surface area contributed by atoms with E-state index in [2.05, 4.69) is 11.4 Å². The lowest BCUT2D eigenvalue weighted by atomic mass is 9.69. The highest BCUT2D eigenvalue weighted by Gasteiger charge is 2.57. The number of nitrogens with one attached hydrogen (secondary N) is 1. The number of hydrogen-bond acceptors (Lipinski definition) is 4. The van der Waals surface area contributed by atoms with Gasteiger partial charge in [0.1, 0.15) is 12.6 Å².